The number of anilines is 1. The summed E-state index contributed by atoms with van der Waals surface area (Å²) in [7, 11) is 1.39. The SMILES string of the molecule is COc1cc(-c2ccc(-c3ncc(N(C4CC4)C4C[C@]5(C)CC[C@](C)(C4)N5)nn3)c(O)c2)cnc1F. The van der Waals surface area contributed by atoms with E-state index in [0.717, 1.165) is 18.7 Å². The summed E-state index contributed by atoms with van der Waals surface area (Å²) in [6, 6.07) is 7.58. The van der Waals surface area contributed by atoms with E-state index in [1.54, 1.807) is 24.4 Å². The third-order valence-electron chi connectivity index (χ3n) is 7.95. The Balaban J connectivity index is 1.25. The molecule has 1 aliphatic carbocycles. The highest BCUT2D eigenvalue weighted by Crippen LogP contribution is 2.46. The van der Waals surface area contributed by atoms with Gasteiger partial charge in [-0.05, 0) is 76.1 Å². The van der Waals surface area contributed by atoms with Crippen LogP contribution in [-0.4, -0.2) is 55.5 Å². The van der Waals surface area contributed by atoms with Crippen molar-refractivity contribution in [1.29, 1.82) is 0 Å². The van der Waals surface area contributed by atoms with Crippen LogP contribution in [0.1, 0.15) is 52.4 Å². The van der Waals surface area contributed by atoms with Crippen molar-refractivity contribution in [2.75, 3.05) is 12.0 Å². The van der Waals surface area contributed by atoms with Gasteiger partial charge in [0.2, 0.25) is 0 Å². The molecule has 188 valence electrons. The molecule has 4 heterocycles. The standard InChI is InChI=1S/C27H31FN6O2/c1-26-8-9-27(2,33-26)13-19(12-26)34(18-5-6-18)23-15-30-25(32-31-23)20-7-4-16(10-21(20)35)17-11-22(36-3)24(28)29-14-17/h4,7,10-11,14-15,18-19,33,35H,5-6,8-9,12-13H2,1-3H3/t19?,26-,27+. The average Bonchev–Trinajstić information content (AvgIpc) is 3.65. The van der Waals surface area contributed by atoms with Gasteiger partial charge in [0.05, 0.1) is 18.9 Å². The van der Waals surface area contributed by atoms with Crippen molar-refractivity contribution in [3.05, 3.63) is 42.6 Å². The first kappa shape index (κ1) is 23.1. The van der Waals surface area contributed by atoms with Gasteiger partial charge in [-0.3, -0.25) is 0 Å². The second-order valence-electron chi connectivity index (χ2n) is 11.0. The third kappa shape index (κ3) is 4.15. The summed E-state index contributed by atoms with van der Waals surface area (Å²) >= 11 is 0. The number of piperidine rings is 1. The van der Waals surface area contributed by atoms with Gasteiger partial charge in [-0.1, -0.05) is 6.07 Å². The molecule has 3 aromatic rings. The van der Waals surface area contributed by atoms with Gasteiger partial charge in [-0.15, -0.1) is 10.2 Å². The molecule has 8 nitrogen and oxygen atoms in total. The maximum atomic E-state index is 13.7. The number of aromatic hydroxyl groups is 1. The maximum absolute atomic E-state index is 13.7. The molecular formula is C27H31FN6O2. The molecule has 3 atom stereocenters. The summed E-state index contributed by atoms with van der Waals surface area (Å²) in [4.78, 5) is 10.8. The maximum Gasteiger partial charge on any atom is 0.255 e. The number of ether oxygens (including phenoxy) is 1. The molecule has 6 rings (SSSR count). The number of rotatable bonds is 6. The summed E-state index contributed by atoms with van der Waals surface area (Å²) in [5.41, 5.74) is 2.13. The Bertz CT molecular complexity index is 1280. The van der Waals surface area contributed by atoms with Gasteiger partial charge in [-0.25, -0.2) is 9.97 Å². The molecule has 1 saturated carbocycles. The molecular weight excluding hydrogens is 459 g/mol. The van der Waals surface area contributed by atoms with E-state index in [1.807, 2.05) is 6.07 Å². The zero-order chi connectivity index (χ0) is 25.1. The fraction of sp³-hybridized carbons (Fsp3) is 0.481. The van der Waals surface area contributed by atoms with Crippen molar-refractivity contribution >= 4 is 5.82 Å². The van der Waals surface area contributed by atoms with Crippen LogP contribution in [0.5, 0.6) is 11.5 Å². The third-order valence-corrected chi connectivity index (χ3v) is 7.95. The van der Waals surface area contributed by atoms with Crippen molar-refractivity contribution in [3.63, 3.8) is 0 Å². The minimum absolute atomic E-state index is 0.0140. The van der Waals surface area contributed by atoms with Crippen LogP contribution in [0, 0.1) is 5.95 Å². The molecule has 2 aliphatic heterocycles. The molecule has 36 heavy (non-hydrogen) atoms. The van der Waals surface area contributed by atoms with Gasteiger partial charge in [0, 0.05) is 34.9 Å². The van der Waals surface area contributed by atoms with Crippen molar-refractivity contribution < 1.29 is 14.2 Å². The first-order valence-corrected chi connectivity index (χ1v) is 12.6. The van der Waals surface area contributed by atoms with E-state index in [4.69, 9.17) is 4.74 Å². The number of nitrogens with one attached hydrogen (secondary N) is 1. The molecule has 9 heteroatoms. The van der Waals surface area contributed by atoms with Crippen LogP contribution in [0.3, 0.4) is 0 Å². The highest BCUT2D eigenvalue weighted by molar-refractivity contribution is 5.73. The normalized spacial score (nSPS) is 27.2. The fourth-order valence-corrected chi connectivity index (χ4v) is 6.19. The van der Waals surface area contributed by atoms with Gasteiger partial charge in [0.15, 0.2) is 17.4 Å². The van der Waals surface area contributed by atoms with Crippen molar-refractivity contribution in [1.82, 2.24) is 25.5 Å². The van der Waals surface area contributed by atoms with E-state index in [1.165, 1.54) is 39.0 Å². The number of hydrogen-bond acceptors (Lipinski definition) is 8. The average molecular weight is 491 g/mol. The van der Waals surface area contributed by atoms with Gasteiger partial charge >= 0.3 is 0 Å². The molecule has 2 bridgehead atoms. The Hall–Kier alpha value is -3.33. The van der Waals surface area contributed by atoms with E-state index >= 15 is 0 Å². The quantitative estimate of drug-likeness (QED) is 0.488. The second-order valence-corrected chi connectivity index (χ2v) is 11.0. The molecule has 0 amide bonds. The van der Waals surface area contributed by atoms with Crippen molar-refractivity contribution in [2.24, 2.45) is 0 Å². The zero-order valence-electron chi connectivity index (χ0n) is 20.8. The van der Waals surface area contributed by atoms with Gasteiger partial charge in [0.25, 0.3) is 5.95 Å². The Labute approximate surface area is 210 Å². The lowest BCUT2D eigenvalue weighted by Crippen LogP contribution is -2.59. The number of hydrogen-bond donors (Lipinski definition) is 2. The monoisotopic (exact) mass is 490 g/mol. The highest BCUT2D eigenvalue weighted by atomic mass is 19.1. The van der Waals surface area contributed by atoms with Crippen LogP contribution >= 0.6 is 0 Å². The Morgan fingerprint density at radius 2 is 1.75 bits per heavy atom. The Morgan fingerprint density at radius 3 is 2.36 bits per heavy atom. The predicted molar refractivity (Wildman–Crippen MR) is 134 cm³/mol. The van der Waals surface area contributed by atoms with Gasteiger partial charge in [-0.2, -0.15) is 4.39 Å². The summed E-state index contributed by atoms with van der Waals surface area (Å²) in [6.07, 6.45) is 10.1. The molecule has 2 aromatic heterocycles. The molecule has 2 N–H and O–H groups in total. The summed E-state index contributed by atoms with van der Waals surface area (Å²) in [5.74, 6) is 0.546. The molecule has 0 spiro atoms. The van der Waals surface area contributed by atoms with Crippen LogP contribution in [0.25, 0.3) is 22.5 Å². The zero-order valence-corrected chi connectivity index (χ0v) is 20.8. The Morgan fingerprint density at radius 1 is 1.00 bits per heavy atom. The van der Waals surface area contributed by atoms with Crippen LogP contribution in [0.2, 0.25) is 0 Å². The molecule has 2 saturated heterocycles. The number of phenolic OH excluding ortho intramolecular Hbond substituents is 1. The first-order valence-electron chi connectivity index (χ1n) is 12.6. The summed E-state index contributed by atoms with van der Waals surface area (Å²) < 4.78 is 18.7. The van der Waals surface area contributed by atoms with E-state index in [9.17, 15) is 9.50 Å². The number of methoxy groups -OCH3 is 1. The van der Waals surface area contributed by atoms with Crippen LogP contribution in [0.4, 0.5) is 10.2 Å². The Kier molecular flexibility index (Phi) is 5.37. The lowest BCUT2D eigenvalue weighted by atomic mass is 9.84. The number of halogens is 1. The number of benzene rings is 1. The van der Waals surface area contributed by atoms with Crippen LogP contribution in [-0.2, 0) is 0 Å². The molecule has 0 radical (unpaired) electrons. The fourth-order valence-electron chi connectivity index (χ4n) is 6.19. The lowest BCUT2D eigenvalue weighted by Gasteiger charge is -2.46. The number of nitrogens with zero attached hydrogens (tertiary/aromatic N) is 5. The summed E-state index contributed by atoms with van der Waals surface area (Å²) in [5, 5.41) is 23.6. The van der Waals surface area contributed by atoms with Crippen LogP contribution < -0.4 is 15.0 Å². The molecule has 1 unspecified atom stereocenters. The minimum Gasteiger partial charge on any atom is -0.507 e. The van der Waals surface area contributed by atoms with E-state index in [2.05, 4.69) is 44.2 Å². The van der Waals surface area contributed by atoms with E-state index < -0.39 is 5.95 Å². The predicted octanol–water partition coefficient (Wildman–Crippen LogP) is 4.49. The minimum atomic E-state index is -0.678. The molecule has 3 aliphatic rings. The van der Waals surface area contributed by atoms with Gasteiger partial charge < -0.3 is 20.1 Å². The number of pyridine rings is 1. The number of aromatic nitrogens is 4. The first-order chi connectivity index (χ1) is 17.3. The van der Waals surface area contributed by atoms with Crippen molar-refractivity contribution in [2.45, 2.75) is 75.5 Å². The van der Waals surface area contributed by atoms with E-state index in [0.29, 0.717) is 34.6 Å². The largest absolute Gasteiger partial charge is 0.507 e. The summed E-state index contributed by atoms with van der Waals surface area (Å²) in [6.45, 7) is 4.68. The smallest absolute Gasteiger partial charge is 0.255 e. The van der Waals surface area contributed by atoms with Crippen LogP contribution in [0.15, 0.2) is 36.7 Å². The lowest BCUT2D eigenvalue weighted by molar-refractivity contribution is 0.203. The van der Waals surface area contributed by atoms with Gasteiger partial charge in [0.1, 0.15) is 5.75 Å². The molecule has 1 aromatic carbocycles. The number of fused-ring (bicyclic) bond motifs is 2. The molecule has 3 fully saturated rings. The topological polar surface area (TPSA) is 96.3 Å². The second kappa shape index (κ2) is 8.37. The van der Waals surface area contributed by atoms with E-state index in [-0.39, 0.29) is 22.6 Å². The number of phenols is 1. The van der Waals surface area contributed by atoms with Crippen molar-refractivity contribution in [3.8, 4) is 34.0 Å². The highest BCUT2D eigenvalue weighted by Gasteiger charge is 2.51.